The molecule has 3 nitrogen and oxygen atoms in total. The van der Waals surface area contributed by atoms with Crippen LogP contribution in [0.1, 0.15) is 14.5 Å². The van der Waals surface area contributed by atoms with E-state index in [1.165, 1.54) is 0 Å². The Balaban J connectivity index is 3.19. The van der Waals surface area contributed by atoms with E-state index in [1.54, 1.807) is 0 Å². The van der Waals surface area contributed by atoms with Crippen molar-refractivity contribution in [2.75, 3.05) is 7.04 Å². The quantitative estimate of drug-likeness (QED) is 0.686. The SMILES string of the molecule is [2H]C([2H])([2H])Oc1ccc(O)c(F)c1C=O. The molecule has 0 fully saturated rings. The number of carbonyl (C=O) groups is 1. The molecule has 0 amide bonds. The van der Waals surface area contributed by atoms with Gasteiger partial charge in [-0.05, 0) is 12.1 Å². The van der Waals surface area contributed by atoms with Gasteiger partial charge >= 0.3 is 0 Å². The number of ether oxygens (including phenoxy) is 1. The second-order valence-electron chi connectivity index (χ2n) is 2.03. The largest absolute Gasteiger partial charge is 0.505 e. The minimum atomic E-state index is -2.78. The van der Waals surface area contributed by atoms with E-state index in [9.17, 15) is 9.18 Å². The third kappa shape index (κ3) is 1.23. The molecular formula is C8H7FO3. The van der Waals surface area contributed by atoms with Crippen LogP contribution in [0, 0.1) is 5.82 Å². The van der Waals surface area contributed by atoms with E-state index in [1.807, 2.05) is 0 Å². The third-order valence-electron chi connectivity index (χ3n) is 1.35. The number of phenols is 1. The van der Waals surface area contributed by atoms with Crippen molar-refractivity contribution in [2.45, 2.75) is 0 Å². The predicted molar refractivity (Wildman–Crippen MR) is 40.0 cm³/mol. The van der Waals surface area contributed by atoms with Crippen molar-refractivity contribution in [3.63, 3.8) is 0 Å². The summed E-state index contributed by atoms with van der Waals surface area (Å²) in [5.74, 6) is -2.37. The number of halogens is 1. The predicted octanol–water partition coefficient (Wildman–Crippen LogP) is 1.35. The summed E-state index contributed by atoms with van der Waals surface area (Å²) in [6.07, 6.45) is 0.0795. The van der Waals surface area contributed by atoms with Crippen molar-refractivity contribution in [3.8, 4) is 11.5 Å². The minimum absolute atomic E-state index is 0.0795. The Kier molecular flexibility index (Phi) is 1.37. The maximum Gasteiger partial charge on any atom is 0.179 e. The Bertz CT molecular complexity index is 389. The Morgan fingerprint density at radius 1 is 1.75 bits per heavy atom. The van der Waals surface area contributed by atoms with E-state index in [2.05, 4.69) is 4.74 Å². The molecule has 0 bridgehead atoms. The van der Waals surface area contributed by atoms with Crippen molar-refractivity contribution < 1.29 is 23.1 Å². The third-order valence-corrected chi connectivity index (χ3v) is 1.35. The van der Waals surface area contributed by atoms with Gasteiger partial charge in [0.05, 0.1) is 16.7 Å². The van der Waals surface area contributed by atoms with Gasteiger partial charge in [-0.25, -0.2) is 4.39 Å². The van der Waals surface area contributed by atoms with Crippen molar-refractivity contribution in [1.82, 2.24) is 0 Å². The zero-order chi connectivity index (χ0) is 11.6. The number of aldehydes is 1. The Morgan fingerprint density at radius 3 is 3.08 bits per heavy atom. The molecule has 0 saturated carbocycles. The minimum Gasteiger partial charge on any atom is -0.505 e. The van der Waals surface area contributed by atoms with E-state index in [0.717, 1.165) is 12.1 Å². The summed E-state index contributed by atoms with van der Waals surface area (Å²) in [5, 5.41) is 8.92. The Hall–Kier alpha value is -1.58. The fraction of sp³-hybridized carbons (Fsp3) is 0.125. The zero-order valence-corrected chi connectivity index (χ0v) is 5.87. The molecule has 1 N–H and O–H groups in total. The summed E-state index contributed by atoms with van der Waals surface area (Å²) in [6.45, 7) is 0. The molecule has 0 aliphatic carbocycles. The number of hydrogen-bond acceptors (Lipinski definition) is 3. The van der Waals surface area contributed by atoms with Gasteiger partial charge in [-0.3, -0.25) is 4.79 Å². The average Bonchev–Trinajstić information content (AvgIpc) is 2.10. The Morgan fingerprint density at radius 2 is 2.50 bits per heavy atom. The van der Waals surface area contributed by atoms with Gasteiger partial charge in [-0.1, -0.05) is 0 Å². The Labute approximate surface area is 72.6 Å². The van der Waals surface area contributed by atoms with Crippen LogP contribution in [0.2, 0.25) is 0 Å². The van der Waals surface area contributed by atoms with Crippen LogP contribution in [0.25, 0.3) is 0 Å². The van der Waals surface area contributed by atoms with Gasteiger partial charge in [-0.15, -0.1) is 0 Å². The molecule has 64 valence electrons. The number of phenolic OH excluding ortho intramolecular Hbond substituents is 1. The van der Waals surface area contributed by atoms with E-state index in [0.29, 0.717) is 0 Å². The monoisotopic (exact) mass is 173 g/mol. The lowest BCUT2D eigenvalue weighted by Gasteiger charge is -2.04. The van der Waals surface area contributed by atoms with Crippen LogP contribution in [-0.2, 0) is 0 Å². The molecule has 4 heteroatoms. The molecule has 1 aromatic carbocycles. The number of hydrogen-bond donors (Lipinski definition) is 1. The molecule has 0 spiro atoms. The topological polar surface area (TPSA) is 46.5 Å². The summed E-state index contributed by atoms with van der Waals surface area (Å²) < 4.78 is 37.8. The van der Waals surface area contributed by atoms with Gasteiger partial charge in [0, 0.05) is 0 Å². The maximum atomic E-state index is 13.1. The lowest BCUT2D eigenvalue weighted by Crippen LogP contribution is -1.94. The van der Waals surface area contributed by atoms with E-state index in [4.69, 9.17) is 9.22 Å². The van der Waals surface area contributed by atoms with Gasteiger partial charge in [0.15, 0.2) is 17.9 Å². The highest BCUT2D eigenvalue weighted by Crippen LogP contribution is 2.26. The van der Waals surface area contributed by atoms with Crippen molar-refractivity contribution in [3.05, 3.63) is 23.5 Å². The van der Waals surface area contributed by atoms with Crippen LogP contribution < -0.4 is 4.74 Å². The molecule has 1 rings (SSSR count). The number of methoxy groups -OCH3 is 1. The van der Waals surface area contributed by atoms with Crippen molar-refractivity contribution in [2.24, 2.45) is 0 Å². The maximum absolute atomic E-state index is 13.1. The standard InChI is InChI=1S/C8H7FO3/c1-12-7-3-2-6(11)8(9)5(7)4-10/h2-4,11H,1H3/i1D3. The fourth-order valence-corrected chi connectivity index (χ4v) is 0.763. The molecule has 0 aliphatic rings. The molecule has 0 aromatic heterocycles. The summed E-state index contributed by atoms with van der Waals surface area (Å²) >= 11 is 0. The lowest BCUT2D eigenvalue weighted by atomic mass is 10.2. The lowest BCUT2D eigenvalue weighted by molar-refractivity contribution is 0.111. The molecule has 0 aliphatic heterocycles. The molecular weight excluding hydrogens is 163 g/mol. The van der Waals surface area contributed by atoms with Gasteiger partial charge < -0.3 is 9.84 Å². The summed E-state index contributed by atoms with van der Waals surface area (Å²) in [6, 6.07) is 1.91. The first-order chi connectivity index (χ1) is 6.85. The number of benzene rings is 1. The van der Waals surface area contributed by atoms with Gasteiger partial charge in [0.1, 0.15) is 5.75 Å². The zero-order valence-electron chi connectivity index (χ0n) is 8.87. The van der Waals surface area contributed by atoms with Crippen LogP contribution in [0.15, 0.2) is 12.1 Å². The van der Waals surface area contributed by atoms with E-state index < -0.39 is 29.9 Å². The van der Waals surface area contributed by atoms with Crippen molar-refractivity contribution in [1.29, 1.82) is 0 Å². The molecule has 12 heavy (non-hydrogen) atoms. The molecule has 1 aromatic rings. The van der Waals surface area contributed by atoms with Crippen molar-refractivity contribution >= 4 is 6.29 Å². The van der Waals surface area contributed by atoms with Crippen LogP contribution in [0.4, 0.5) is 4.39 Å². The second kappa shape index (κ2) is 3.21. The van der Waals surface area contributed by atoms with Gasteiger partial charge in [-0.2, -0.15) is 0 Å². The van der Waals surface area contributed by atoms with E-state index >= 15 is 0 Å². The van der Waals surface area contributed by atoms with Crippen LogP contribution in [-0.4, -0.2) is 18.4 Å². The average molecular weight is 173 g/mol. The molecule has 0 radical (unpaired) electrons. The fourth-order valence-electron chi connectivity index (χ4n) is 0.763. The van der Waals surface area contributed by atoms with Crippen LogP contribution >= 0.6 is 0 Å². The van der Waals surface area contributed by atoms with Gasteiger partial charge in [0.2, 0.25) is 0 Å². The highest BCUT2D eigenvalue weighted by Gasteiger charge is 2.11. The van der Waals surface area contributed by atoms with Gasteiger partial charge in [0.25, 0.3) is 0 Å². The first kappa shape index (κ1) is 5.13. The summed E-state index contributed by atoms with van der Waals surface area (Å²) in [5.41, 5.74) is -0.619. The molecule has 0 heterocycles. The number of aromatic hydroxyl groups is 1. The second-order valence-corrected chi connectivity index (χ2v) is 2.03. The summed E-state index contributed by atoms with van der Waals surface area (Å²) in [7, 11) is -2.78. The highest BCUT2D eigenvalue weighted by atomic mass is 19.1. The number of rotatable bonds is 2. The van der Waals surface area contributed by atoms with E-state index in [-0.39, 0.29) is 6.29 Å². The molecule has 0 unspecified atom stereocenters. The molecule has 0 atom stereocenters. The first-order valence-corrected chi connectivity index (χ1v) is 3.01. The first-order valence-electron chi connectivity index (χ1n) is 4.51. The highest BCUT2D eigenvalue weighted by molar-refractivity contribution is 5.80. The van der Waals surface area contributed by atoms with Crippen LogP contribution in [0.3, 0.4) is 0 Å². The summed E-state index contributed by atoms with van der Waals surface area (Å²) in [4.78, 5) is 10.5. The number of carbonyl (C=O) groups excluding carboxylic acids is 1. The molecule has 0 saturated heterocycles. The van der Waals surface area contributed by atoms with Crippen LogP contribution in [0.5, 0.6) is 11.5 Å². The smallest absolute Gasteiger partial charge is 0.179 e. The normalized spacial score (nSPS) is 14.2.